The highest BCUT2D eigenvalue weighted by Crippen LogP contribution is 2.55. The van der Waals surface area contributed by atoms with Gasteiger partial charge < -0.3 is 0 Å². The lowest BCUT2D eigenvalue weighted by molar-refractivity contribution is -0.343. The second kappa shape index (κ2) is 9.92. The number of alkyl halides is 6. The van der Waals surface area contributed by atoms with E-state index in [0.29, 0.717) is 11.1 Å². The summed E-state index contributed by atoms with van der Waals surface area (Å²) >= 11 is 0. The van der Waals surface area contributed by atoms with Crippen molar-refractivity contribution >= 4 is 15.6 Å². The highest BCUT2D eigenvalue weighted by Gasteiger charge is 2.70. The van der Waals surface area contributed by atoms with E-state index in [-0.39, 0.29) is 29.9 Å². The van der Waals surface area contributed by atoms with Gasteiger partial charge in [0.2, 0.25) is 0 Å². The number of carbonyl (C=O) groups is 1. The number of hydrogen-bond acceptors (Lipinski definition) is 3. The van der Waals surface area contributed by atoms with Gasteiger partial charge in [0, 0.05) is 12.8 Å². The van der Waals surface area contributed by atoms with Crippen LogP contribution in [-0.4, -0.2) is 32.3 Å². The molecule has 0 aliphatic heterocycles. The molecule has 31 heavy (non-hydrogen) atoms. The SMILES string of the molecule is CCCC(CC(=O)CCCCS(=O)(=O)c1c(C)cc(C)cc1C)(C(F)(F)F)C(F)(F)F. The number of hydrogen-bond donors (Lipinski definition) is 0. The first kappa shape index (κ1) is 27.5. The summed E-state index contributed by atoms with van der Waals surface area (Å²) in [6, 6.07) is 3.43. The molecule has 0 aliphatic rings. The Morgan fingerprint density at radius 3 is 1.81 bits per heavy atom. The van der Waals surface area contributed by atoms with Crippen LogP contribution in [0, 0.1) is 26.2 Å². The summed E-state index contributed by atoms with van der Waals surface area (Å²) in [5.74, 6) is -1.52. The number of rotatable bonds is 10. The fourth-order valence-corrected chi connectivity index (χ4v) is 5.85. The zero-order chi connectivity index (χ0) is 24.3. The van der Waals surface area contributed by atoms with Crippen LogP contribution < -0.4 is 0 Å². The Bertz CT molecular complexity index is 848. The van der Waals surface area contributed by atoms with Gasteiger partial charge in [-0.1, -0.05) is 31.0 Å². The Morgan fingerprint density at radius 1 is 0.903 bits per heavy atom. The molecule has 0 aliphatic carbocycles. The van der Waals surface area contributed by atoms with E-state index in [2.05, 4.69) is 0 Å². The van der Waals surface area contributed by atoms with Gasteiger partial charge in [0.1, 0.15) is 5.78 Å². The van der Waals surface area contributed by atoms with Crippen molar-refractivity contribution in [1.82, 2.24) is 0 Å². The van der Waals surface area contributed by atoms with Crippen molar-refractivity contribution in [3.05, 3.63) is 28.8 Å². The van der Waals surface area contributed by atoms with Crippen LogP contribution in [0.3, 0.4) is 0 Å². The lowest BCUT2D eigenvalue weighted by Gasteiger charge is -2.36. The van der Waals surface area contributed by atoms with E-state index in [1.165, 1.54) is 6.92 Å². The molecular weight excluding hydrogens is 446 g/mol. The number of Topliss-reactive ketones (excluding diaryl/α,β-unsaturated/α-hetero) is 1. The molecule has 0 radical (unpaired) electrons. The number of unbranched alkanes of at least 4 members (excludes halogenated alkanes) is 1. The standard InChI is InChI=1S/C21H28F6O3S/c1-5-9-19(20(22,23)24,21(25,26)27)13-17(28)8-6-7-10-31(29,30)18-15(3)11-14(2)12-16(18)4/h11-12H,5-10,13H2,1-4H3. The first-order valence-electron chi connectivity index (χ1n) is 9.94. The van der Waals surface area contributed by atoms with Gasteiger partial charge in [-0.2, -0.15) is 26.3 Å². The van der Waals surface area contributed by atoms with Gasteiger partial charge >= 0.3 is 12.4 Å². The van der Waals surface area contributed by atoms with E-state index in [1.54, 1.807) is 26.0 Å². The smallest absolute Gasteiger partial charge is 0.300 e. The first-order chi connectivity index (χ1) is 14.0. The monoisotopic (exact) mass is 474 g/mol. The molecule has 1 rings (SSSR count). The molecule has 0 saturated carbocycles. The van der Waals surface area contributed by atoms with Crippen molar-refractivity contribution < 1.29 is 39.6 Å². The van der Waals surface area contributed by atoms with Crippen molar-refractivity contribution in [2.45, 2.75) is 83.5 Å². The second-order valence-corrected chi connectivity index (χ2v) is 10.1. The Morgan fingerprint density at radius 2 is 1.39 bits per heavy atom. The summed E-state index contributed by atoms with van der Waals surface area (Å²) in [4.78, 5) is 12.2. The number of halogens is 6. The van der Waals surface area contributed by atoms with E-state index >= 15 is 0 Å². The average Bonchev–Trinajstić information content (AvgIpc) is 2.55. The highest BCUT2D eigenvalue weighted by atomic mass is 32.2. The number of benzene rings is 1. The molecule has 0 aromatic heterocycles. The number of carbonyl (C=O) groups excluding carboxylic acids is 1. The lowest BCUT2D eigenvalue weighted by atomic mass is 9.76. The van der Waals surface area contributed by atoms with Gasteiger partial charge in [-0.05, 0) is 51.2 Å². The molecule has 178 valence electrons. The topological polar surface area (TPSA) is 51.2 Å². The van der Waals surface area contributed by atoms with E-state index in [1.807, 2.05) is 6.92 Å². The van der Waals surface area contributed by atoms with Crippen LogP contribution in [0.1, 0.15) is 62.1 Å². The van der Waals surface area contributed by atoms with Crippen LogP contribution in [0.25, 0.3) is 0 Å². The zero-order valence-electron chi connectivity index (χ0n) is 18.0. The number of aryl methyl sites for hydroxylation is 3. The molecule has 0 amide bonds. The van der Waals surface area contributed by atoms with Gasteiger partial charge in [-0.3, -0.25) is 4.79 Å². The maximum atomic E-state index is 13.3. The minimum atomic E-state index is -5.61. The molecule has 3 nitrogen and oxygen atoms in total. The zero-order valence-corrected chi connectivity index (χ0v) is 18.8. The maximum Gasteiger partial charge on any atom is 0.403 e. The van der Waals surface area contributed by atoms with Gasteiger partial charge in [0.15, 0.2) is 15.3 Å². The average molecular weight is 475 g/mol. The molecule has 0 atom stereocenters. The Kier molecular flexibility index (Phi) is 8.78. The third-order valence-corrected chi connectivity index (χ3v) is 7.39. The molecule has 10 heteroatoms. The van der Waals surface area contributed by atoms with Crippen LogP contribution >= 0.6 is 0 Å². The Labute approximate surface area is 179 Å². The molecule has 1 aromatic carbocycles. The van der Waals surface area contributed by atoms with Gasteiger partial charge in [0.05, 0.1) is 10.6 Å². The van der Waals surface area contributed by atoms with Crippen molar-refractivity contribution in [2.75, 3.05) is 5.75 Å². The predicted octanol–water partition coefficient (Wildman–Crippen LogP) is 6.43. The largest absolute Gasteiger partial charge is 0.403 e. The van der Waals surface area contributed by atoms with Crippen molar-refractivity contribution in [2.24, 2.45) is 5.41 Å². The molecule has 0 heterocycles. The number of sulfone groups is 1. The molecule has 0 saturated heterocycles. The van der Waals surface area contributed by atoms with Crippen molar-refractivity contribution in [3.63, 3.8) is 0 Å². The molecule has 0 bridgehead atoms. The molecule has 0 spiro atoms. The molecule has 0 fully saturated rings. The summed E-state index contributed by atoms with van der Waals surface area (Å²) in [7, 11) is -3.70. The van der Waals surface area contributed by atoms with E-state index in [9.17, 15) is 39.6 Å². The van der Waals surface area contributed by atoms with Gasteiger partial charge in [-0.15, -0.1) is 0 Å². The minimum Gasteiger partial charge on any atom is -0.300 e. The summed E-state index contributed by atoms with van der Waals surface area (Å²) < 4.78 is 105. The third-order valence-electron chi connectivity index (χ3n) is 5.30. The fourth-order valence-electron chi connectivity index (χ4n) is 3.96. The Hall–Kier alpha value is -1.58. The van der Waals surface area contributed by atoms with Gasteiger partial charge in [0.25, 0.3) is 0 Å². The first-order valence-corrected chi connectivity index (χ1v) is 11.6. The Balaban J connectivity index is 2.83. The fraction of sp³-hybridized carbons (Fsp3) is 0.667. The highest BCUT2D eigenvalue weighted by molar-refractivity contribution is 7.91. The van der Waals surface area contributed by atoms with E-state index in [0.717, 1.165) is 5.56 Å². The predicted molar refractivity (Wildman–Crippen MR) is 106 cm³/mol. The van der Waals surface area contributed by atoms with E-state index in [4.69, 9.17) is 0 Å². The quantitative estimate of drug-likeness (QED) is 0.290. The summed E-state index contributed by atoms with van der Waals surface area (Å²) in [5, 5.41) is 0. The summed E-state index contributed by atoms with van der Waals surface area (Å²) in [5.41, 5.74) is -2.06. The minimum absolute atomic E-state index is 0.0420. The molecule has 0 N–H and O–H groups in total. The molecular formula is C21H28F6O3S. The summed E-state index contributed by atoms with van der Waals surface area (Å²) in [6.07, 6.45) is -15.2. The van der Waals surface area contributed by atoms with Crippen LogP contribution in [0.2, 0.25) is 0 Å². The molecule has 0 unspecified atom stereocenters. The van der Waals surface area contributed by atoms with E-state index < -0.39 is 52.7 Å². The van der Waals surface area contributed by atoms with Crippen LogP contribution in [0.15, 0.2) is 17.0 Å². The van der Waals surface area contributed by atoms with Crippen molar-refractivity contribution in [1.29, 1.82) is 0 Å². The third kappa shape index (κ3) is 6.46. The maximum absolute atomic E-state index is 13.3. The lowest BCUT2D eigenvalue weighted by Crippen LogP contribution is -2.51. The molecule has 1 aromatic rings. The number of ketones is 1. The van der Waals surface area contributed by atoms with Crippen LogP contribution in [0.4, 0.5) is 26.3 Å². The second-order valence-electron chi connectivity index (χ2n) is 8.05. The summed E-state index contributed by atoms with van der Waals surface area (Å²) in [6.45, 7) is 6.31. The van der Waals surface area contributed by atoms with Crippen LogP contribution in [0.5, 0.6) is 0 Å². The van der Waals surface area contributed by atoms with Gasteiger partial charge in [-0.25, -0.2) is 8.42 Å². The van der Waals surface area contributed by atoms with Crippen LogP contribution in [-0.2, 0) is 14.6 Å². The van der Waals surface area contributed by atoms with Crippen molar-refractivity contribution in [3.8, 4) is 0 Å². The normalized spacial score (nSPS) is 13.5.